The summed E-state index contributed by atoms with van der Waals surface area (Å²) in [7, 11) is 0. The molecular weight excluding hydrogens is 180 g/mol. The van der Waals surface area contributed by atoms with Gasteiger partial charge in [-0.1, -0.05) is 39.8 Å². The van der Waals surface area contributed by atoms with Crippen LogP contribution in [0, 0.1) is 19.8 Å². The maximum Gasteiger partial charge on any atom is -0.0219 e. The third-order valence-corrected chi connectivity index (χ3v) is 3.00. The van der Waals surface area contributed by atoms with E-state index >= 15 is 0 Å². The van der Waals surface area contributed by atoms with Crippen molar-refractivity contribution in [2.45, 2.75) is 53.9 Å². The number of aryl methyl sites for hydroxylation is 2. The van der Waals surface area contributed by atoms with Gasteiger partial charge < -0.3 is 0 Å². The monoisotopic (exact) mass is 204 g/mol. The van der Waals surface area contributed by atoms with Crippen molar-refractivity contribution in [3.8, 4) is 0 Å². The highest BCUT2D eigenvalue weighted by Gasteiger charge is 2.08. The zero-order valence-corrected chi connectivity index (χ0v) is 11.0. The molecule has 0 aliphatic carbocycles. The van der Waals surface area contributed by atoms with Crippen LogP contribution in [0.5, 0.6) is 0 Å². The zero-order valence-electron chi connectivity index (χ0n) is 11.0. The van der Waals surface area contributed by atoms with Crippen molar-refractivity contribution in [3.05, 3.63) is 34.4 Å². The lowest BCUT2D eigenvalue weighted by molar-refractivity contribution is 0.642. The van der Waals surface area contributed by atoms with E-state index in [1.165, 1.54) is 23.1 Å². The fraction of sp³-hybridized carbons (Fsp3) is 0.600. The number of hydrogen-bond acceptors (Lipinski definition) is 0. The van der Waals surface area contributed by atoms with Crippen LogP contribution in [-0.4, -0.2) is 0 Å². The molecule has 0 heterocycles. The minimum Gasteiger partial charge on any atom is -0.0625 e. The summed E-state index contributed by atoms with van der Waals surface area (Å²) >= 11 is 0. The lowest BCUT2D eigenvalue weighted by atomic mass is 9.90. The van der Waals surface area contributed by atoms with Crippen LogP contribution in [0.1, 0.15) is 55.9 Å². The molecule has 0 N–H and O–H groups in total. The molecule has 0 saturated carbocycles. The highest BCUT2D eigenvalue weighted by atomic mass is 14.1. The summed E-state index contributed by atoms with van der Waals surface area (Å²) in [6.45, 7) is 13.6. The summed E-state index contributed by atoms with van der Waals surface area (Å²) in [4.78, 5) is 0. The number of hydrogen-bond donors (Lipinski definition) is 0. The fourth-order valence-corrected chi connectivity index (χ4v) is 2.09. The van der Waals surface area contributed by atoms with Crippen LogP contribution in [0.25, 0.3) is 0 Å². The largest absolute Gasteiger partial charge is 0.0625 e. The van der Waals surface area contributed by atoms with Gasteiger partial charge in [-0.15, -0.1) is 0 Å². The highest BCUT2D eigenvalue weighted by Crippen LogP contribution is 2.24. The summed E-state index contributed by atoms with van der Waals surface area (Å²) < 4.78 is 0. The molecule has 1 aromatic carbocycles. The molecule has 0 amide bonds. The summed E-state index contributed by atoms with van der Waals surface area (Å²) in [5.74, 6) is 1.38. The van der Waals surface area contributed by atoms with Crippen molar-refractivity contribution in [1.29, 1.82) is 0 Å². The van der Waals surface area contributed by atoms with Gasteiger partial charge in [0.2, 0.25) is 0 Å². The van der Waals surface area contributed by atoms with Gasteiger partial charge in [0.05, 0.1) is 0 Å². The van der Waals surface area contributed by atoms with Crippen molar-refractivity contribution in [1.82, 2.24) is 0 Å². The van der Waals surface area contributed by atoms with Crippen molar-refractivity contribution < 1.29 is 0 Å². The maximum atomic E-state index is 2.36. The standard InChI is InChI=1S/C15H24/c1-10(2)7-15-12(5)8-14(11(3)4)9-13(15)6/h8-11H,7H2,1-6H3. The first-order chi connectivity index (χ1) is 6.91. The molecule has 84 valence electrons. The Bertz CT molecular complexity index is 309. The molecular formula is C15H24. The first kappa shape index (κ1) is 12.3. The van der Waals surface area contributed by atoms with Crippen molar-refractivity contribution >= 4 is 0 Å². The predicted octanol–water partition coefficient (Wildman–Crippen LogP) is 4.63. The maximum absolute atomic E-state index is 2.36. The van der Waals surface area contributed by atoms with Gasteiger partial charge >= 0.3 is 0 Å². The molecule has 1 aromatic rings. The average molecular weight is 204 g/mol. The van der Waals surface area contributed by atoms with Crippen LogP contribution in [0.2, 0.25) is 0 Å². The summed E-state index contributed by atoms with van der Waals surface area (Å²) in [6, 6.07) is 4.71. The Morgan fingerprint density at radius 3 is 1.73 bits per heavy atom. The van der Waals surface area contributed by atoms with Crippen molar-refractivity contribution in [2.24, 2.45) is 5.92 Å². The van der Waals surface area contributed by atoms with Gasteiger partial charge in [0.25, 0.3) is 0 Å². The molecule has 0 heteroatoms. The van der Waals surface area contributed by atoms with E-state index in [0.717, 1.165) is 5.92 Å². The van der Waals surface area contributed by atoms with Crippen molar-refractivity contribution in [3.63, 3.8) is 0 Å². The quantitative estimate of drug-likeness (QED) is 0.673. The lowest BCUT2D eigenvalue weighted by Crippen LogP contribution is -2.02. The summed E-state index contributed by atoms with van der Waals surface area (Å²) in [5, 5.41) is 0. The molecule has 0 atom stereocenters. The summed E-state index contributed by atoms with van der Waals surface area (Å²) in [6.07, 6.45) is 1.20. The van der Waals surface area contributed by atoms with Crippen LogP contribution in [0.15, 0.2) is 12.1 Å². The Morgan fingerprint density at radius 2 is 1.40 bits per heavy atom. The van der Waals surface area contributed by atoms with Crippen LogP contribution in [0.3, 0.4) is 0 Å². The van der Waals surface area contributed by atoms with Gasteiger partial charge in [0.15, 0.2) is 0 Å². The fourth-order valence-electron chi connectivity index (χ4n) is 2.09. The third kappa shape index (κ3) is 3.09. The Kier molecular flexibility index (Phi) is 3.96. The molecule has 0 fully saturated rings. The Balaban J connectivity index is 3.10. The van der Waals surface area contributed by atoms with Gasteiger partial charge in [-0.2, -0.15) is 0 Å². The minimum absolute atomic E-state index is 0.635. The Hall–Kier alpha value is -0.780. The summed E-state index contributed by atoms with van der Waals surface area (Å²) in [5.41, 5.74) is 5.95. The van der Waals surface area contributed by atoms with Crippen molar-refractivity contribution in [2.75, 3.05) is 0 Å². The molecule has 0 spiro atoms. The predicted molar refractivity (Wildman–Crippen MR) is 68.5 cm³/mol. The molecule has 0 radical (unpaired) electrons. The first-order valence-electron chi connectivity index (χ1n) is 6.01. The molecule has 0 aliphatic rings. The van der Waals surface area contributed by atoms with Gasteiger partial charge in [-0.05, 0) is 54.4 Å². The molecule has 0 saturated heterocycles. The van der Waals surface area contributed by atoms with Crippen LogP contribution in [-0.2, 0) is 6.42 Å². The van der Waals surface area contributed by atoms with Crippen LogP contribution >= 0.6 is 0 Å². The second-order valence-electron chi connectivity index (χ2n) is 5.39. The van der Waals surface area contributed by atoms with E-state index in [1.54, 1.807) is 5.56 Å². The molecule has 15 heavy (non-hydrogen) atoms. The van der Waals surface area contributed by atoms with E-state index < -0.39 is 0 Å². The average Bonchev–Trinajstić information content (AvgIpc) is 2.10. The Labute approximate surface area is 94.7 Å². The molecule has 1 rings (SSSR count). The minimum atomic E-state index is 0.635. The topological polar surface area (TPSA) is 0 Å². The molecule has 0 bridgehead atoms. The molecule has 0 aromatic heterocycles. The lowest BCUT2D eigenvalue weighted by Gasteiger charge is -2.16. The first-order valence-corrected chi connectivity index (χ1v) is 6.01. The van der Waals surface area contributed by atoms with E-state index in [-0.39, 0.29) is 0 Å². The van der Waals surface area contributed by atoms with E-state index in [9.17, 15) is 0 Å². The normalized spacial score (nSPS) is 11.5. The van der Waals surface area contributed by atoms with Gasteiger partial charge in [0, 0.05) is 0 Å². The van der Waals surface area contributed by atoms with Crippen LogP contribution in [0.4, 0.5) is 0 Å². The van der Waals surface area contributed by atoms with Gasteiger partial charge in [-0.3, -0.25) is 0 Å². The van der Waals surface area contributed by atoms with E-state index in [2.05, 4.69) is 53.7 Å². The van der Waals surface area contributed by atoms with E-state index in [4.69, 9.17) is 0 Å². The zero-order chi connectivity index (χ0) is 11.6. The van der Waals surface area contributed by atoms with Gasteiger partial charge in [0.1, 0.15) is 0 Å². The number of rotatable bonds is 3. The SMILES string of the molecule is Cc1cc(C(C)C)cc(C)c1CC(C)C. The number of benzene rings is 1. The molecule has 0 unspecified atom stereocenters. The van der Waals surface area contributed by atoms with E-state index in [1.807, 2.05) is 0 Å². The van der Waals surface area contributed by atoms with E-state index in [0.29, 0.717) is 5.92 Å². The second kappa shape index (κ2) is 4.83. The highest BCUT2D eigenvalue weighted by molar-refractivity contribution is 5.39. The second-order valence-corrected chi connectivity index (χ2v) is 5.39. The van der Waals surface area contributed by atoms with Crippen LogP contribution < -0.4 is 0 Å². The molecule has 0 aliphatic heterocycles. The smallest absolute Gasteiger partial charge is 0.0219 e. The Morgan fingerprint density at radius 1 is 0.933 bits per heavy atom. The molecule has 0 nitrogen and oxygen atoms in total. The third-order valence-electron chi connectivity index (χ3n) is 3.00. The van der Waals surface area contributed by atoms with Gasteiger partial charge in [-0.25, -0.2) is 0 Å².